The Balaban J connectivity index is 1.58. The Hall–Kier alpha value is -1.55. The minimum absolute atomic E-state index is 0.000668. The van der Waals surface area contributed by atoms with Crippen molar-refractivity contribution in [1.82, 2.24) is 10.2 Å². The Kier molecular flexibility index (Phi) is 4.21. The first-order valence-corrected chi connectivity index (χ1v) is 7.55. The van der Waals surface area contributed by atoms with E-state index in [1.807, 2.05) is 23.1 Å². The van der Waals surface area contributed by atoms with Gasteiger partial charge in [-0.25, -0.2) is 4.79 Å². The molecule has 1 aromatic carbocycles. The average Bonchev–Trinajstić information content (AvgIpc) is 3.01. The Morgan fingerprint density at radius 3 is 2.70 bits per heavy atom. The zero-order valence-corrected chi connectivity index (χ0v) is 11.8. The van der Waals surface area contributed by atoms with Crippen molar-refractivity contribution in [2.45, 2.75) is 37.8 Å². The van der Waals surface area contributed by atoms with Gasteiger partial charge in [0.05, 0.1) is 13.2 Å². The quantitative estimate of drug-likeness (QED) is 0.901. The molecule has 4 heteroatoms. The monoisotopic (exact) mass is 274 g/mol. The summed E-state index contributed by atoms with van der Waals surface area (Å²) in [7, 11) is 0. The highest BCUT2D eigenvalue weighted by Crippen LogP contribution is 2.23. The Labute approximate surface area is 120 Å². The van der Waals surface area contributed by atoms with Crippen LogP contribution in [-0.2, 0) is 4.74 Å². The summed E-state index contributed by atoms with van der Waals surface area (Å²) >= 11 is 0. The molecule has 2 amide bonds. The SMILES string of the molecule is O=C(NC1CCCC1)N1CCO[C@@H](c2ccccc2)C1. The number of benzene rings is 1. The van der Waals surface area contributed by atoms with Gasteiger partial charge in [0, 0.05) is 12.6 Å². The molecule has 2 fully saturated rings. The zero-order chi connectivity index (χ0) is 13.8. The number of ether oxygens (including phenoxy) is 1. The lowest BCUT2D eigenvalue weighted by molar-refractivity contribution is -0.0157. The second-order valence-corrected chi connectivity index (χ2v) is 5.65. The van der Waals surface area contributed by atoms with Crippen molar-refractivity contribution in [3.05, 3.63) is 35.9 Å². The number of urea groups is 1. The van der Waals surface area contributed by atoms with E-state index in [9.17, 15) is 4.79 Å². The molecule has 0 bridgehead atoms. The van der Waals surface area contributed by atoms with Crippen molar-refractivity contribution < 1.29 is 9.53 Å². The second kappa shape index (κ2) is 6.27. The summed E-state index contributed by atoms with van der Waals surface area (Å²) in [5.41, 5.74) is 1.14. The van der Waals surface area contributed by atoms with Crippen LogP contribution in [-0.4, -0.2) is 36.7 Å². The van der Waals surface area contributed by atoms with E-state index < -0.39 is 0 Å². The number of rotatable bonds is 2. The number of carbonyl (C=O) groups excluding carboxylic acids is 1. The van der Waals surface area contributed by atoms with Gasteiger partial charge in [-0.05, 0) is 18.4 Å². The molecule has 1 N–H and O–H groups in total. The number of hydrogen-bond acceptors (Lipinski definition) is 2. The van der Waals surface area contributed by atoms with Crippen LogP contribution in [0.1, 0.15) is 37.4 Å². The Morgan fingerprint density at radius 2 is 1.95 bits per heavy atom. The van der Waals surface area contributed by atoms with Gasteiger partial charge in [-0.2, -0.15) is 0 Å². The van der Waals surface area contributed by atoms with Crippen LogP contribution in [0.2, 0.25) is 0 Å². The van der Waals surface area contributed by atoms with Gasteiger partial charge in [0.15, 0.2) is 0 Å². The van der Waals surface area contributed by atoms with Crippen molar-refractivity contribution in [3.8, 4) is 0 Å². The molecule has 4 nitrogen and oxygen atoms in total. The summed E-state index contributed by atoms with van der Waals surface area (Å²) in [5, 5.41) is 3.15. The van der Waals surface area contributed by atoms with E-state index in [0.717, 1.165) is 18.4 Å². The summed E-state index contributed by atoms with van der Waals surface area (Å²) < 4.78 is 5.79. The summed E-state index contributed by atoms with van der Waals surface area (Å²) in [4.78, 5) is 14.2. The van der Waals surface area contributed by atoms with Crippen LogP contribution >= 0.6 is 0 Å². The lowest BCUT2D eigenvalue weighted by Gasteiger charge is -2.34. The van der Waals surface area contributed by atoms with Gasteiger partial charge in [0.1, 0.15) is 6.10 Å². The van der Waals surface area contributed by atoms with Crippen molar-refractivity contribution >= 4 is 6.03 Å². The first-order chi connectivity index (χ1) is 9.83. The maximum absolute atomic E-state index is 12.3. The van der Waals surface area contributed by atoms with Gasteiger partial charge >= 0.3 is 6.03 Å². The smallest absolute Gasteiger partial charge is 0.317 e. The first kappa shape index (κ1) is 13.4. The van der Waals surface area contributed by atoms with Crippen LogP contribution < -0.4 is 5.32 Å². The number of nitrogens with zero attached hydrogens (tertiary/aromatic N) is 1. The van der Waals surface area contributed by atoms with E-state index in [2.05, 4.69) is 17.4 Å². The molecule has 1 aliphatic carbocycles. The maximum Gasteiger partial charge on any atom is 0.317 e. The largest absolute Gasteiger partial charge is 0.370 e. The molecule has 0 unspecified atom stereocenters. The van der Waals surface area contributed by atoms with Crippen LogP contribution in [0.25, 0.3) is 0 Å². The van der Waals surface area contributed by atoms with Gasteiger partial charge < -0.3 is 15.0 Å². The van der Waals surface area contributed by atoms with E-state index in [1.165, 1.54) is 12.8 Å². The van der Waals surface area contributed by atoms with Crippen molar-refractivity contribution in [1.29, 1.82) is 0 Å². The molecule has 0 radical (unpaired) electrons. The topological polar surface area (TPSA) is 41.6 Å². The zero-order valence-electron chi connectivity index (χ0n) is 11.8. The fourth-order valence-electron chi connectivity index (χ4n) is 3.04. The molecule has 1 saturated carbocycles. The molecule has 2 aliphatic rings. The van der Waals surface area contributed by atoms with Gasteiger partial charge in [-0.3, -0.25) is 0 Å². The highest BCUT2D eigenvalue weighted by Gasteiger charge is 2.27. The molecule has 20 heavy (non-hydrogen) atoms. The summed E-state index contributed by atoms with van der Waals surface area (Å²) in [5.74, 6) is 0. The van der Waals surface area contributed by atoms with Crippen molar-refractivity contribution in [2.24, 2.45) is 0 Å². The standard InChI is InChI=1S/C16H22N2O2/c19-16(17-14-8-4-5-9-14)18-10-11-20-15(12-18)13-6-2-1-3-7-13/h1-3,6-7,14-15H,4-5,8-12H2,(H,17,19)/t15-/m1/s1. The van der Waals surface area contributed by atoms with E-state index in [1.54, 1.807) is 0 Å². The van der Waals surface area contributed by atoms with Crippen LogP contribution in [0.5, 0.6) is 0 Å². The lowest BCUT2D eigenvalue weighted by atomic mass is 10.1. The third-order valence-electron chi connectivity index (χ3n) is 4.21. The molecule has 1 saturated heterocycles. The molecular weight excluding hydrogens is 252 g/mol. The molecule has 108 valence electrons. The molecule has 0 aromatic heterocycles. The number of carbonyl (C=O) groups is 1. The number of amides is 2. The lowest BCUT2D eigenvalue weighted by Crippen LogP contribution is -2.49. The molecule has 0 spiro atoms. The van der Waals surface area contributed by atoms with Gasteiger partial charge in [0.2, 0.25) is 0 Å². The van der Waals surface area contributed by atoms with E-state index in [0.29, 0.717) is 25.7 Å². The molecule has 1 heterocycles. The second-order valence-electron chi connectivity index (χ2n) is 5.65. The maximum atomic E-state index is 12.3. The molecule has 1 aliphatic heterocycles. The van der Waals surface area contributed by atoms with Crippen LogP contribution in [0.3, 0.4) is 0 Å². The molecular formula is C16H22N2O2. The molecule has 1 aromatic rings. The van der Waals surface area contributed by atoms with Crippen LogP contribution in [0.15, 0.2) is 30.3 Å². The minimum Gasteiger partial charge on any atom is -0.370 e. The minimum atomic E-state index is -0.000668. The fourth-order valence-corrected chi connectivity index (χ4v) is 3.04. The Bertz CT molecular complexity index is 443. The highest BCUT2D eigenvalue weighted by atomic mass is 16.5. The van der Waals surface area contributed by atoms with Gasteiger partial charge in [-0.15, -0.1) is 0 Å². The third-order valence-corrected chi connectivity index (χ3v) is 4.21. The fraction of sp³-hybridized carbons (Fsp3) is 0.562. The number of nitrogens with one attached hydrogen (secondary N) is 1. The molecule has 3 rings (SSSR count). The van der Waals surface area contributed by atoms with Crippen LogP contribution in [0, 0.1) is 0 Å². The first-order valence-electron chi connectivity index (χ1n) is 7.55. The predicted molar refractivity (Wildman–Crippen MR) is 77.5 cm³/mol. The van der Waals surface area contributed by atoms with Crippen molar-refractivity contribution in [3.63, 3.8) is 0 Å². The number of hydrogen-bond donors (Lipinski definition) is 1. The third kappa shape index (κ3) is 3.12. The summed E-state index contributed by atoms with van der Waals surface area (Å²) in [6.07, 6.45) is 4.72. The van der Waals surface area contributed by atoms with Gasteiger partial charge in [0.25, 0.3) is 0 Å². The average molecular weight is 274 g/mol. The predicted octanol–water partition coefficient (Wildman–Crippen LogP) is 2.71. The highest BCUT2D eigenvalue weighted by molar-refractivity contribution is 5.74. The van der Waals surface area contributed by atoms with E-state index >= 15 is 0 Å². The molecule has 1 atom stereocenters. The van der Waals surface area contributed by atoms with Crippen LogP contribution in [0.4, 0.5) is 4.79 Å². The Morgan fingerprint density at radius 1 is 1.20 bits per heavy atom. The normalized spacial score (nSPS) is 23.8. The van der Waals surface area contributed by atoms with Crippen molar-refractivity contribution in [2.75, 3.05) is 19.7 Å². The summed E-state index contributed by atoms with van der Waals surface area (Å²) in [6, 6.07) is 10.6. The number of morpholine rings is 1. The van der Waals surface area contributed by atoms with E-state index in [-0.39, 0.29) is 12.1 Å². The van der Waals surface area contributed by atoms with Gasteiger partial charge in [-0.1, -0.05) is 43.2 Å². The van der Waals surface area contributed by atoms with E-state index in [4.69, 9.17) is 4.74 Å². The summed E-state index contributed by atoms with van der Waals surface area (Å²) in [6.45, 7) is 1.93.